The van der Waals surface area contributed by atoms with Crippen LogP contribution >= 0.6 is 0 Å². The summed E-state index contributed by atoms with van der Waals surface area (Å²) in [4.78, 5) is 10.5. The van der Waals surface area contributed by atoms with Crippen LogP contribution in [0.4, 0.5) is 5.82 Å². The normalized spacial score (nSPS) is 12.6. The van der Waals surface area contributed by atoms with Crippen molar-refractivity contribution < 1.29 is 4.74 Å². The lowest BCUT2D eigenvalue weighted by atomic mass is 10.3. The zero-order valence-corrected chi connectivity index (χ0v) is 10.3. The van der Waals surface area contributed by atoms with E-state index in [-0.39, 0.29) is 12.1 Å². The molecule has 0 saturated heterocycles. The first-order chi connectivity index (χ1) is 7.54. The van der Waals surface area contributed by atoms with E-state index in [1.54, 1.807) is 12.4 Å². The molecule has 90 valence electrons. The van der Waals surface area contributed by atoms with Gasteiger partial charge in [-0.05, 0) is 20.8 Å². The standard InChI is InChI=1S/C11H20N4O/c1-8(2)16-11-7-13-6-10(14-11)15(4)9(3)5-12/h6-9H,5,12H2,1-4H3. The fourth-order valence-corrected chi connectivity index (χ4v) is 1.19. The Bertz CT molecular complexity index is 330. The molecular formula is C11H20N4O. The summed E-state index contributed by atoms with van der Waals surface area (Å²) < 4.78 is 5.49. The smallest absolute Gasteiger partial charge is 0.234 e. The molecule has 0 spiro atoms. The highest BCUT2D eigenvalue weighted by Gasteiger charge is 2.11. The number of rotatable bonds is 5. The molecule has 0 bridgehead atoms. The molecule has 5 heteroatoms. The maximum atomic E-state index is 5.61. The zero-order valence-electron chi connectivity index (χ0n) is 10.3. The van der Waals surface area contributed by atoms with Gasteiger partial charge in [-0.1, -0.05) is 0 Å². The Morgan fingerprint density at radius 3 is 2.62 bits per heavy atom. The second kappa shape index (κ2) is 5.65. The molecule has 0 fully saturated rings. The molecule has 2 N–H and O–H groups in total. The molecule has 1 atom stereocenters. The van der Waals surface area contributed by atoms with Crippen LogP contribution in [0.5, 0.6) is 5.88 Å². The molecule has 16 heavy (non-hydrogen) atoms. The SMILES string of the molecule is CC(C)Oc1cncc(N(C)C(C)CN)n1. The van der Waals surface area contributed by atoms with Gasteiger partial charge in [-0.25, -0.2) is 0 Å². The van der Waals surface area contributed by atoms with E-state index in [2.05, 4.69) is 9.97 Å². The fourth-order valence-electron chi connectivity index (χ4n) is 1.19. The monoisotopic (exact) mass is 224 g/mol. The minimum Gasteiger partial charge on any atom is -0.474 e. The summed E-state index contributed by atoms with van der Waals surface area (Å²) in [6, 6.07) is 0.226. The van der Waals surface area contributed by atoms with E-state index < -0.39 is 0 Å². The van der Waals surface area contributed by atoms with Crippen LogP contribution in [0.3, 0.4) is 0 Å². The van der Waals surface area contributed by atoms with E-state index in [0.29, 0.717) is 12.4 Å². The molecule has 1 heterocycles. The molecule has 5 nitrogen and oxygen atoms in total. The second-order valence-electron chi connectivity index (χ2n) is 4.08. The summed E-state index contributed by atoms with van der Waals surface area (Å²) >= 11 is 0. The summed E-state index contributed by atoms with van der Waals surface area (Å²) in [6.07, 6.45) is 3.42. The van der Waals surface area contributed by atoms with Crippen molar-refractivity contribution in [2.75, 3.05) is 18.5 Å². The Hall–Kier alpha value is -1.36. The summed E-state index contributed by atoms with van der Waals surface area (Å²) in [5.41, 5.74) is 5.61. The summed E-state index contributed by atoms with van der Waals surface area (Å²) in [6.45, 7) is 6.53. The van der Waals surface area contributed by atoms with Crippen LogP contribution in [-0.2, 0) is 0 Å². The van der Waals surface area contributed by atoms with Gasteiger partial charge < -0.3 is 15.4 Å². The van der Waals surface area contributed by atoms with Crippen LogP contribution in [0.15, 0.2) is 12.4 Å². The first-order valence-electron chi connectivity index (χ1n) is 5.46. The van der Waals surface area contributed by atoms with Crippen LogP contribution in [0.1, 0.15) is 20.8 Å². The van der Waals surface area contributed by atoms with Crippen LogP contribution in [-0.4, -0.2) is 35.7 Å². The average molecular weight is 224 g/mol. The lowest BCUT2D eigenvalue weighted by Gasteiger charge is -2.24. The van der Waals surface area contributed by atoms with Crippen molar-refractivity contribution in [3.8, 4) is 5.88 Å². The van der Waals surface area contributed by atoms with Gasteiger partial charge >= 0.3 is 0 Å². The maximum Gasteiger partial charge on any atom is 0.234 e. The van der Waals surface area contributed by atoms with Crippen LogP contribution in [0, 0.1) is 0 Å². The Kier molecular flexibility index (Phi) is 4.49. The van der Waals surface area contributed by atoms with Crippen molar-refractivity contribution in [3.63, 3.8) is 0 Å². The van der Waals surface area contributed by atoms with Crippen molar-refractivity contribution in [1.82, 2.24) is 9.97 Å². The number of hydrogen-bond donors (Lipinski definition) is 1. The highest BCUT2D eigenvalue weighted by atomic mass is 16.5. The Labute approximate surface area is 96.6 Å². The first-order valence-corrected chi connectivity index (χ1v) is 5.46. The van der Waals surface area contributed by atoms with Crippen LogP contribution < -0.4 is 15.4 Å². The quantitative estimate of drug-likeness (QED) is 0.809. The molecule has 0 aliphatic heterocycles. The van der Waals surface area contributed by atoms with Gasteiger partial charge in [0.15, 0.2) is 5.82 Å². The van der Waals surface area contributed by atoms with E-state index in [4.69, 9.17) is 10.5 Å². The molecule has 1 rings (SSSR count). The third-order valence-electron chi connectivity index (χ3n) is 2.32. The largest absolute Gasteiger partial charge is 0.474 e. The molecule has 1 aromatic rings. The number of ether oxygens (including phenoxy) is 1. The molecule has 1 aromatic heterocycles. The summed E-state index contributed by atoms with van der Waals surface area (Å²) in [7, 11) is 1.95. The fraction of sp³-hybridized carbons (Fsp3) is 0.636. The number of aromatic nitrogens is 2. The van der Waals surface area contributed by atoms with E-state index in [1.807, 2.05) is 32.7 Å². The van der Waals surface area contributed by atoms with Crippen LogP contribution in [0.2, 0.25) is 0 Å². The van der Waals surface area contributed by atoms with Gasteiger partial charge in [-0.2, -0.15) is 4.98 Å². The summed E-state index contributed by atoms with van der Waals surface area (Å²) in [5, 5.41) is 0. The topological polar surface area (TPSA) is 64.3 Å². The lowest BCUT2D eigenvalue weighted by molar-refractivity contribution is 0.231. The minimum atomic E-state index is 0.0989. The first kappa shape index (κ1) is 12.7. The summed E-state index contributed by atoms with van der Waals surface area (Å²) in [5.74, 6) is 1.32. The predicted octanol–water partition coefficient (Wildman–Crippen LogP) is 1.05. The lowest BCUT2D eigenvalue weighted by Crippen LogP contribution is -2.35. The number of hydrogen-bond acceptors (Lipinski definition) is 5. The molecule has 1 unspecified atom stereocenters. The maximum absolute atomic E-state index is 5.61. The molecule has 0 amide bonds. The Balaban J connectivity index is 2.81. The highest BCUT2D eigenvalue weighted by Crippen LogP contribution is 2.15. The van der Waals surface area contributed by atoms with Gasteiger partial charge in [0, 0.05) is 19.6 Å². The van der Waals surface area contributed by atoms with Gasteiger partial charge in [0.05, 0.1) is 18.5 Å². The third-order valence-corrected chi connectivity index (χ3v) is 2.32. The average Bonchev–Trinajstić information content (AvgIpc) is 2.26. The molecular weight excluding hydrogens is 204 g/mol. The number of nitrogens with two attached hydrogens (primary N) is 1. The van der Waals surface area contributed by atoms with Crippen molar-refractivity contribution in [2.24, 2.45) is 5.73 Å². The van der Waals surface area contributed by atoms with Crippen molar-refractivity contribution in [1.29, 1.82) is 0 Å². The zero-order chi connectivity index (χ0) is 12.1. The van der Waals surface area contributed by atoms with Gasteiger partial charge in [-0.15, -0.1) is 0 Å². The van der Waals surface area contributed by atoms with E-state index in [9.17, 15) is 0 Å². The highest BCUT2D eigenvalue weighted by molar-refractivity contribution is 5.37. The van der Waals surface area contributed by atoms with Gasteiger partial charge in [0.25, 0.3) is 0 Å². The van der Waals surface area contributed by atoms with Gasteiger partial charge in [-0.3, -0.25) is 4.98 Å². The van der Waals surface area contributed by atoms with Gasteiger partial charge in [0.1, 0.15) is 0 Å². The van der Waals surface area contributed by atoms with E-state index in [1.165, 1.54) is 0 Å². The molecule has 0 aliphatic carbocycles. The molecule has 0 saturated carbocycles. The molecule has 0 radical (unpaired) electrons. The molecule has 0 aliphatic rings. The number of anilines is 1. The van der Waals surface area contributed by atoms with E-state index >= 15 is 0 Å². The Morgan fingerprint density at radius 2 is 2.06 bits per heavy atom. The second-order valence-corrected chi connectivity index (χ2v) is 4.08. The number of likely N-dealkylation sites (N-methyl/N-ethyl adjacent to an activating group) is 1. The minimum absolute atomic E-state index is 0.0989. The Morgan fingerprint density at radius 1 is 1.38 bits per heavy atom. The third kappa shape index (κ3) is 3.34. The number of nitrogens with zero attached hydrogens (tertiary/aromatic N) is 3. The van der Waals surface area contributed by atoms with Crippen LogP contribution in [0.25, 0.3) is 0 Å². The van der Waals surface area contributed by atoms with Crippen molar-refractivity contribution in [3.05, 3.63) is 12.4 Å². The van der Waals surface area contributed by atoms with Gasteiger partial charge in [0.2, 0.25) is 5.88 Å². The van der Waals surface area contributed by atoms with E-state index in [0.717, 1.165) is 5.82 Å². The van der Waals surface area contributed by atoms with Crippen molar-refractivity contribution in [2.45, 2.75) is 32.9 Å². The molecule has 0 aromatic carbocycles. The van der Waals surface area contributed by atoms with Crippen molar-refractivity contribution >= 4 is 5.82 Å². The predicted molar refractivity (Wildman–Crippen MR) is 64.7 cm³/mol.